The number of aryl methyl sites for hydroxylation is 1. The van der Waals surface area contributed by atoms with Crippen LogP contribution in [-0.2, 0) is 34.0 Å². The van der Waals surface area contributed by atoms with Crippen molar-refractivity contribution >= 4 is 15.9 Å². The lowest BCUT2D eigenvalue weighted by molar-refractivity contribution is -0.137. The van der Waals surface area contributed by atoms with Crippen LogP contribution in [0, 0.1) is 0 Å². The molecule has 42 heavy (non-hydrogen) atoms. The maximum Gasteiger partial charge on any atom is 0.416 e. The van der Waals surface area contributed by atoms with Crippen molar-refractivity contribution in [2.45, 2.75) is 61.8 Å². The highest BCUT2D eigenvalue weighted by atomic mass is 32.2. The molecule has 0 bridgehead atoms. The lowest BCUT2D eigenvalue weighted by Gasteiger charge is -2.29. The van der Waals surface area contributed by atoms with Crippen LogP contribution in [0.1, 0.15) is 65.6 Å². The van der Waals surface area contributed by atoms with Crippen LogP contribution in [0.5, 0.6) is 0 Å². The van der Waals surface area contributed by atoms with Gasteiger partial charge in [0.25, 0.3) is 0 Å². The molecule has 0 saturated carbocycles. The van der Waals surface area contributed by atoms with Crippen molar-refractivity contribution in [3.63, 3.8) is 0 Å². The zero-order chi connectivity index (χ0) is 29.7. The van der Waals surface area contributed by atoms with E-state index < -0.39 is 32.7 Å². The van der Waals surface area contributed by atoms with Gasteiger partial charge >= 0.3 is 6.18 Å². The molecule has 3 aromatic rings. The van der Waals surface area contributed by atoms with E-state index in [1.165, 1.54) is 11.1 Å². The Morgan fingerprint density at radius 3 is 2.55 bits per heavy atom. The van der Waals surface area contributed by atoms with E-state index in [1.54, 1.807) is 30.3 Å². The van der Waals surface area contributed by atoms with Gasteiger partial charge in [0.2, 0.25) is 15.9 Å². The predicted octanol–water partition coefficient (Wildman–Crippen LogP) is 6.07. The lowest BCUT2D eigenvalue weighted by Crippen LogP contribution is -2.36. The maximum absolute atomic E-state index is 13.3. The average molecular weight is 598 g/mol. The molecule has 6 nitrogen and oxygen atoms in total. The Bertz CT molecular complexity index is 1540. The fourth-order valence-corrected chi connectivity index (χ4v) is 6.92. The van der Waals surface area contributed by atoms with Crippen LogP contribution >= 0.6 is 0 Å². The molecule has 0 fully saturated rings. The second-order valence-electron chi connectivity index (χ2n) is 10.9. The van der Waals surface area contributed by atoms with E-state index in [4.69, 9.17) is 0 Å². The zero-order valence-corrected chi connectivity index (χ0v) is 23.9. The van der Waals surface area contributed by atoms with Crippen LogP contribution < -0.4 is 10.0 Å². The Morgan fingerprint density at radius 2 is 1.81 bits per heavy atom. The number of alkyl halides is 3. The summed E-state index contributed by atoms with van der Waals surface area (Å²) >= 11 is 0. The van der Waals surface area contributed by atoms with Gasteiger partial charge in [-0.15, -0.1) is 0 Å². The first-order valence-corrected chi connectivity index (χ1v) is 15.6. The van der Waals surface area contributed by atoms with E-state index >= 15 is 0 Å². The molecule has 0 spiro atoms. The number of rotatable bonds is 9. The Morgan fingerprint density at radius 1 is 1.00 bits per heavy atom. The molecule has 0 radical (unpaired) electrons. The van der Waals surface area contributed by atoms with E-state index in [0.29, 0.717) is 11.6 Å². The maximum atomic E-state index is 13.3. The largest absolute Gasteiger partial charge is 0.416 e. The molecule has 1 amide bonds. The number of amides is 1. The Balaban J connectivity index is 1.30. The molecule has 0 unspecified atom stereocenters. The summed E-state index contributed by atoms with van der Waals surface area (Å²) in [7, 11) is -4.37. The molecule has 0 aromatic heterocycles. The van der Waals surface area contributed by atoms with Crippen molar-refractivity contribution < 1.29 is 26.4 Å². The summed E-state index contributed by atoms with van der Waals surface area (Å²) in [4.78, 5) is 15.2. The standard InChI is InChI=1S/C32H34F3N3O3S/c33-32(34,35)26-12-8-13-27(20-26)42(40,41)37-30(24-9-3-1-4-10-24)21-31(39)36-29-14-7-11-25-19-23(15-16-28(25)29)22-38-17-5-2-6-18-38/h1-5,8-10,12-13,15-16,19-20,29-30,37H,6-7,11,14,17-18,21-22H2,(H,36,39)/t29-,30-/m1/s1. The first kappa shape index (κ1) is 30.0. The number of halogens is 3. The molecular weight excluding hydrogens is 563 g/mol. The minimum Gasteiger partial charge on any atom is -0.349 e. The van der Waals surface area contributed by atoms with E-state index in [1.807, 2.05) is 0 Å². The van der Waals surface area contributed by atoms with E-state index in [0.717, 1.165) is 69.1 Å². The normalized spacial score (nSPS) is 18.3. The third kappa shape index (κ3) is 7.48. The monoisotopic (exact) mass is 597 g/mol. The number of nitrogens with one attached hydrogen (secondary N) is 2. The van der Waals surface area contributed by atoms with Crippen LogP contribution in [0.3, 0.4) is 0 Å². The van der Waals surface area contributed by atoms with Crippen molar-refractivity contribution in [1.82, 2.24) is 14.9 Å². The van der Waals surface area contributed by atoms with E-state index in [-0.39, 0.29) is 18.4 Å². The van der Waals surface area contributed by atoms with Gasteiger partial charge in [-0.1, -0.05) is 66.7 Å². The number of fused-ring (bicyclic) bond motifs is 1. The number of nitrogens with zero attached hydrogens (tertiary/aromatic N) is 1. The summed E-state index contributed by atoms with van der Waals surface area (Å²) in [6.07, 6.45) is 3.16. The molecular formula is C32H34F3N3O3S. The fourth-order valence-electron chi connectivity index (χ4n) is 5.65. The highest BCUT2D eigenvalue weighted by molar-refractivity contribution is 7.89. The van der Waals surface area contributed by atoms with Crippen LogP contribution in [0.25, 0.3) is 0 Å². The first-order chi connectivity index (χ1) is 20.1. The van der Waals surface area contributed by atoms with Crippen LogP contribution in [0.15, 0.2) is 89.8 Å². The number of sulfonamides is 1. The Kier molecular flexibility index (Phi) is 9.15. The van der Waals surface area contributed by atoms with Crippen molar-refractivity contribution in [2.75, 3.05) is 13.1 Å². The third-order valence-electron chi connectivity index (χ3n) is 7.77. The van der Waals surface area contributed by atoms with Gasteiger partial charge in [0.1, 0.15) is 0 Å². The number of hydrogen-bond acceptors (Lipinski definition) is 4. The molecule has 10 heteroatoms. The SMILES string of the molecule is O=C(C[C@@H](NS(=O)(=O)c1cccc(C(F)(F)F)c1)c1ccccc1)N[C@@H]1CCCc2cc(CN3CC=CCC3)ccc21. The molecule has 2 N–H and O–H groups in total. The smallest absolute Gasteiger partial charge is 0.349 e. The molecule has 1 aliphatic heterocycles. The van der Waals surface area contributed by atoms with Crippen molar-refractivity contribution in [3.05, 3.63) is 113 Å². The van der Waals surface area contributed by atoms with Gasteiger partial charge in [-0.05, 0) is 66.1 Å². The van der Waals surface area contributed by atoms with Crippen molar-refractivity contribution in [1.29, 1.82) is 0 Å². The minimum absolute atomic E-state index is 0.204. The van der Waals surface area contributed by atoms with E-state index in [2.05, 4.69) is 45.3 Å². The van der Waals surface area contributed by atoms with Gasteiger partial charge < -0.3 is 5.32 Å². The lowest BCUT2D eigenvalue weighted by atomic mass is 9.86. The third-order valence-corrected chi connectivity index (χ3v) is 9.24. The highest BCUT2D eigenvalue weighted by Crippen LogP contribution is 2.33. The molecule has 2 atom stereocenters. The highest BCUT2D eigenvalue weighted by Gasteiger charge is 2.33. The molecule has 1 aliphatic carbocycles. The number of carbonyl (C=O) groups is 1. The predicted molar refractivity (Wildman–Crippen MR) is 155 cm³/mol. The van der Waals surface area contributed by atoms with Gasteiger partial charge in [0, 0.05) is 26.1 Å². The number of hydrogen-bond donors (Lipinski definition) is 2. The Labute approximate surface area is 244 Å². The minimum atomic E-state index is -4.69. The molecule has 0 saturated heterocycles. The van der Waals surface area contributed by atoms with Crippen molar-refractivity contribution in [2.24, 2.45) is 0 Å². The van der Waals surface area contributed by atoms with Gasteiger partial charge in [0.05, 0.1) is 22.5 Å². The molecule has 5 rings (SSSR count). The van der Waals surface area contributed by atoms with Gasteiger partial charge in [-0.25, -0.2) is 13.1 Å². The molecule has 222 valence electrons. The van der Waals surface area contributed by atoms with Crippen LogP contribution in [-0.4, -0.2) is 32.3 Å². The van der Waals surface area contributed by atoms with Crippen LogP contribution in [0.4, 0.5) is 13.2 Å². The summed E-state index contributed by atoms with van der Waals surface area (Å²) in [5.41, 5.74) is 2.99. The van der Waals surface area contributed by atoms with Gasteiger partial charge in [-0.2, -0.15) is 13.2 Å². The first-order valence-electron chi connectivity index (χ1n) is 14.1. The number of benzene rings is 3. The van der Waals surface area contributed by atoms with E-state index in [9.17, 15) is 26.4 Å². The fraction of sp³-hybridized carbons (Fsp3) is 0.344. The second-order valence-corrected chi connectivity index (χ2v) is 12.6. The molecule has 1 heterocycles. The van der Waals surface area contributed by atoms with Gasteiger partial charge in [0.15, 0.2) is 0 Å². The summed E-state index contributed by atoms with van der Waals surface area (Å²) in [6.45, 7) is 2.85. The Hall–Kier alpha value is -3.47. The summed E-state index contributed by atoms with van der Waals surface area (Å²) in [6, 6.07) is 17.4. The number of carbonyl (C=O) groups excluding carboxylic acids is 1. The average Bonchev–Trinajstić information content (AvgIpc) is 2.97. The van der Waals surface area contributed by atoms with Gasteiger partial charge in [-0.3, -0.25) is 9.69 Å². The van der Waals surface area contributed by atoms with Crippen molar-refractivity contribution in [3.8, 4) is 0 Å². The topological polar surface area (TPSA) is 78.5 Å². The quantitative estimate of drug-likeness (QED) is 0.294. The second kappa shape index (κ2) is 12.8. The van der Waals surface area contributed by atoms with Crippen LogP contribution in [0.2, 0.25) is 0 Å². The summed E-state index contributed by atoms with van der Waals surface area (Å²) in [5.74, 6) is -0.349. The zero-order valence-electron chi connectivity index (χ0n) is 23.1. The summed E-state index contributed by atoms with van der Waals surface area (Å²) < 4.78 is 68.6. The molecule has 2 aliphatic rings. The summed E-state index contributed by atoms with van der Waals surface area (Å²) in [5, 5.41) is 3.09. The molecule has 3 aromatic carbocycles.